The zero-order valence-corrected chi connectivity index (χ0v) is 13.2. The standard InChI is InChI=1S/C18H22N4O/c23-17(19-11-12-22-18-20-9-4-10-21-18)13-15-7-3-6-14-5-1-2-8-16(14)15/h1-2,4-5,8-10,15H,3,6-7,11-13H2,(H,19,23)(H,20,21,22)/t15-/m0/s1. The molecule has 1 aromatic carbocycles. The first-order chi connectivity index (χ1) is 11.3. The first-order valence-electron chi connectivity index (χ1n) is 8.18. The molecule has 0 aliphatic heterocycles. The van der Waals surface area contributed by atoms with Crippen LogP contribution in [-0.4, -0.2) is 29.0 Å². The number of rotatable bonds is 6. The van der Waals surface area contributed by atoms with E-state index < -0.39 is 0 Å². The van der Waals surface area contributed by atoms with E-state index in [1.165, 1.54) is 17.5 Å². The van der Waals surface area contributed by atoms with Gasteiger partial charge < -0.3 is 10.6 Å². The molecule has 1 aliphatic carbocycles. The molecule has 0 spiro atoms. The van der Waals surface area contributed by atoms with Crippen molar-refractivity contribution in [1.82, 2.24) is 15.3 Å². The molecule has 1 aromatic heterocycles. The second-order valence-electron chi connectivity index (χ2n) is 5.84. The van der Waals surface area contributed by atoms with Gasteiger partial charge in [0.2, 0.25) is 11.9 Å². The summed E-state index contributed by atoms with van der Waals surface area (Å²) in [6, 6.07) is 10.3. The first kappa shape index (κ1) is 15.5. The second-order valence-corrected chi connectivity index (χ2v) is 5.84. The molecule has 0 saturated heterocycles. The topological polar surface area (TPSA) is 66.9 Å². The third-order valence-electron chi connectivity index (χ3n) is 4.22. The van der Waals surface area contributed by atoms with Crippen LogP contribution in [0.5, 0.6) is 0 Å². The maximum absolute atomic E-state index is 12.2. The number of aromatic nitrogens is 2. The monoisotopic (exact) mass is 310 g/mol. The number of fused-ring (bicyclic) bond motifs is 1. The summed E-state index contributed by atoms with van der Waals surface area (Å²) in [4.78, 5) is 20.3. The summed E-state index contributed by atoms with van der Waals surface area (Å²) in [5.74, 6) is 1.05. The Hall–Kier alpha value is -2.43. The molecule has 0 fully saturated rings. The normalized spacial score (nSPS) is 16.4. The predicted octanol–water partition coefficient (Wildman–Crippen LogP) is 2.51. The van der Waals surface area contributed by atoms with Crippen LogP contribution < -0.4 is 10.6 Å². The number of nitrogens with zero attached hydrogens (tertiary/aromatic N) is 2. The van der Waals surface area contributed by atoms with Crippen LogP contribution >= 0.6 is 0 Å². The zero-order valence-electron chi connectivity index (χ0n) is 13.2. The maximum atomic E-state index is 12.2. The average Bonchev–Trinajstić information content (AvgIpc) is 2.60. The summed E-state index contributed by atoms with van der Waals surface area (Å²) >= 11 is 0. The summed E-state index contributed by atoms with van der Waals surface area (Å²) in [5.41, 5.74) is 2.75. The lowest BCUT2D eigenvalue weighted by atomic mass is 9.81. The Morgan fingerprint density at radius 3 is 2.83 bits per heavy atom. The molecule has 0 unspecified atom stereocenters. The van der Waals surface area contributed by atoms with Crippen LogP contribution in [0.3, 0.4) is 0 Å². The number of hydrogen-bond donors (Lipinski definition) is 2. The molecule has 5 nitrogen and oxygen atoms in total. The minimum atomic E-state index is 0.113. The van der Waals surface area contributed by atoms with Crippen LogP contribution in [0.2, 0.25) is 0 Å². The van der Waals surface area contributed by atoms with Gasteiger partial charge in [0.15, 0.2) is 0 Å². The summed E-state index contributed by atoms with van der Waals surface area (Å²) in [6.45, 7) is 1.20. The molecule has 2 aromatic rings. The van der Waals surface area contributed by atoms with E-state index in [0.717, 1.165) is 12.8 Å². The maximum Gasteiger partial charge on any atom is 0.222 e. The van der Waals surface area contributed by atoms with Gasteiger partial charge in [-0.05, 0) is 42.4 Å². The number of carbonyl (C=O) groups is 1. The van der Waals surface area contributed by atoms with Gasteiger partial charge in [-0.2, -0.15) is 0 Å². The molecule has 5 heteroatoms. The Balaban J connectivity index is 1.43. The highest BCUT2D eigenvalue weighted by Crippen LogP contribution is 2.33. The lowest BCUT2D eigenvalue weighted by Gasteiger charge is -2.25. The SMILES string of the molecule is O=C(C[C@@H]1CCCc2ccccc21)NCCNc1ncccn1. The third-order valence-corrected chi connectivity index (χ3v) is 4.22. The molecule has 2 N–H and O–H groups in total. The van der Waals surface area contributed by atoms with Gasteiger partial charge in [0.1, 0.15) is 0 Å². The van der Waals surface area contributed by atoms with Crippen molar-refractivity contribution in [2.24, 2.45) is 0 Å². The number of aryl methyl sites for hydroxylation is 1. The van der Waals surface area contributed by atoms with Crippen molar-refractivity contribution in [3.63, 3.8) is 0 Å². The number of anilines is 1. The minimum absolute atomic E-state index is 0.113. The highest BCUT2D eigenvalue weighted by Gasteiger charge is 2.21. The van der Waals surface area contributed by atoms with E-state index in [4.69, 9.17) is 0 Å². The van der Waals surface area contributed by atoms with Crippen molar-refractivity contribution >= 4 is 11.9 Å². The Morgan fingerprint density at radius 2 is 1.96 bits per heavy atom. The molecule has 120 valence electrons. The third kappa shape index (κ3) is 4.28. The number of nitrogens with one attached hydrogen (secondary N) is 2. The van der Waals surface area contributed by atoms with Crippen molar-refractivity contribution in [2.45, 2.75) is 31.6 Å². The molecule has 0 bridgehead atoms. The molecule has 0 radical (unpaired) electrons. The van der Waals surface area contributed by atoms with E-state index in [9.17, 15) is 4.79 Å². The smallest absolute Gasteiger partial charge is 0.222 e. The summed E-state index contributed by atoms with van der Waals surface area (Å²) in [6.07, 6.45) is 7.35. The lowest BCUT2D eigenvalue weighted by molar-refractivity contribution is -0.121. The lowest BCUT2D eigenvalue weighted by Crippen LogP contribution is -2.30. The molecule has 23 heavy (non-hydrogen) atoms. The highest BCUT2D eigenvalue weighted by atomic mass is 16.1. The number of amides is 1. The van der Waals surface area contributed by atoms with Gasteiger partial charge in [-0.25, -0.2) is 9.97 Å². The summed E-state index contributed by atoms with van der Waals surface area (Å²) < 4.78 is 0. The Kier molecular flexibility index (Phi) is 5.19. The molecule has 0 saturated carbocycles. The highest BCUT2D eigenvalue weighted by molar-refractivity contribution is 5.77. The van der Waals surface area contributed by atoms with Gasteiger partial charge in [-0.3, -0.25) is 4.79 Å². The van der Waals surface area contributed by atoms with E-state index in [1.54, 1.807) is 18.5 Å². The van der Waals surface area contributed by atoms with E-state index in [1.807, 2.05) is 0 Å². The molecule has 1 heterocycles. The quantitative estimate of drug-likeness (QED) is 0.805. The van der Waals surface area contributed by atoms with Crippen molar-refractivity contribution in [3.8, 4) is 0 Å². The van der Waals surface area contributed by atoms with Gasteiger partial charge in [0, 0.05) is 31.9 Å². The van der Waals surface area contributed by atoms with Gasteiger partial charge in [0.25, 0.3) is 0 Å². The largest absolute Gasteiger partial charge is 0.354 e. The molecule has 1 amide bonds. The average molecular weight is 310 g/mol. The van der Waals surface area contributed by atoms with E-state index in [-0.39, 0.29) is 5.91 Å². The van der Waals surface area contributed by atoms with Crippen LogP contribution in [0.15, 0.2) is 42.7 Å². The van der Waals surface area contributed by atoms with Crippen LogP contribution in [-0.2, 0) is 11.2 Å². The van der Waals surface area contributed by atoms with Crippen LogP contribution in [0, 0.1) is 0 Å². The van der Waals surface area contributed by atoms with E-state index in [2.05, 4.69) is 44.9 Å². The molecule has 3 rings (SSSR count). The fourth-order valence-electron chi connectivity index (χ4n) is 3.13. The minimum Gasteiger partial charge on any atom is -0.354 e. The van der Waals surface area contributed by atoms with Crippen molar-refractivity contribution in [1.29, 1.82) is 0 Å². The Bertz CT molecular complexity index is 644. The summed E-state index contributed by atoms with van der Waals surface area (Å²) in [5, 5.41) is 6.06. The van der Waals surface area contributed by atoms with Gasteiger partial charge >= 0.3 is 0 Å². The molecular formula is C18H22N4O. The fraction of sp³-hybridized carbons (Fsp3) is 0.389. The van der Waals surface area contributed by atoms with Crippen LogP contribution in [0.1, 0.15) is 36.3 Å². The number of hydrogen-bond acceptors (Lipinski definition) is 4. The van der Waals surface area contributed by atoms with Gasteiger partial charge in [0.05, 0.1) is 0 Å². The van der Waals surface area contributed by atoms with E-state index >= 15 is 0 Å². The predicted molar refractivity (Wildman–Crippen MR) is 90.3 cm³/mol. The van der Waals surface area contributed by atoms with Crippen LogP contribution in [0.4, 0.5) is 5.95 Å². The van der Waals surface area contributed by atoms with E-state index in [0.29, 0.717) is 31.4 Å². The zero-order chi connectivity index (χ0) is 15.9. The molecule has 1 aliphatic rings. The van der Waals surface area contributed by atoms with Crippen molar-refractivity contribution in [2.75, 3.05) is 18.4 Å². The Labute approximate surface area is 136 Å². The first-order valence-corrected chi connectivity index (χ1v) is 8.18. The number of carbonyl (C=O) groups excluding carboxylic acids is 1. The number of benzene rings is 1. The fourth-order valence-corrected chi connectivity index (χ4v) is 3.13. The van der Waals surface area contributed by atoms with Crippen LogP contribution in [0.25, 0.3) is 0 Å². The molecular weight excluding hydrogens is 288 g/mol. The Morgan fingerprint density at radius 1 is 1.13 bits per heavy atom. The van der Waals surface area contributed by atoms with Gasteiger partial charge in [-0.15, -0.1) is 0 Å². The second kappa shape index (κ2) is 7.72. The summed E-state index contributed by atoms with van der Waals surface area (Å²) in [7, 11) is 0. The van der Waals surface area contributed by atoms with Crippen molar-refractivity contribution in [3.05, 3.63) is 53.9 Å². The van der Waals surface area contributed by atoms with Crippen molar-refractivity contribution < 1.29 is 4.79 Å². The molecule has 1 atom stereocenters. The van der Waals surface area contributed by atoms with Gasteiger partial charge in [-0.1, -0.05) is 24.3 Å².